The van der Waals surface area contributed by atoms with Crippen LogP contribution in [0.3, 0.4) is 0 Å². The molecule has 0 spiro atoms. The van der Waals surface area contributed by atoms with Crippen LogP contribution in [0, 0.1) is 5.41 Å². The van der Waals surface area contributed by atoms with E-state index in [9.17, 15) is 9.59 Å². The van der Waals surface area contributed by atoms with Crippen LogP contribution in [-0.2, 0) is 14.3 Å². The van der Waals surface area contributed by atoms with E-state index in [2.05, 4.69) is 5.32 Å². The summed E-state index contributed by atoms with van der Waals surface area (Å²) in [6.07, 6.45) is 2.55. The lowest BCUT2D eigenvalue weighted by Crippen LogP contribution is -2.47. The highest BCUT2D eigenvalue weighted by Gasteiger charge is 2.39. The van der Waals surface area contributed by atoms with Crippen molar-refractivity contribution in [1.29, 1.82) is 0 Å². The van der Waals surface area contributed by atoms with Crippen LogP contribution in [-0.4, -0.2) is 43.3 Å². The Morgan fingerprint density at radius 2 is 2.06 bits per heavy atom. The summed E-state index contributed by atoms with van der Waals surface area (Å²) < 4.78 is 4.75. The maximum Gasteiger partial charge on any atom is 0.334 e. The molecule has 0 aromatic carbocycles. The van der Waals surface area contributed by atoms with Crippen LogP contribution in [0.2, 0.25) is 0 Å². The molecular formula is C11H20N2O4. The molecule has 0 bridgehead atoms. The highest BCUT2D eigenvalue weighted by molar-refractivity contribution is 5.84. The molecular weight excluding hydrogens is 224 g/mol. The lowest BCUT2D eigenvalue weighted by atomic mass is 9.85. The molecule has 1 aliphatic rings. The zero-order valence-corrected chi connectivity index (χ0v) is 10.1. The van der Waals surface area contributed by atoms with Gasteiger partial charge in [-0.25, -0.2) is 4.79 Å². The first-order valence-electron chi connectivity index (χ1n) is 5.80. The number of hydrogen-bond acceptors (Lipinski definition) is 4. The lowest BCUT2D eigenvalue weighted by Gasteiger charge is -2.26. The van der Waals surface area contributed by atoms with Gasteiger partial charge in [-0.15, -0.1) is 0 Å². The number of hydrogen-bond donors (Lipinski definition) is 3. The van der Waals surface area contributed by atoms with E-state index in [-0.39, 0.29) is 12.5 Å². The molecule has 6 nitrogen and oxygen atoms in total. The Labute approximate surface area is 101 Å². The van der Waals surface area contributed by atoms with Gasteiger partial charge in [0.1, 0.15) is 0 Å². The summed E-state index contributed by atoms with van der Waals surface area (Å²) in [5.41, 5.74) is 5.16. The van der Waals surface area contributed by atoms with Crippen molar-refractivity contribution in [2.24, 2.45) is 11.1 Å². The van der Waals surface area contributed by atoms with Crippen molar-refractivity contribution in [2.45, 2.75) is 31.8 Å². The van der Waals surface area contributed by atoms with Crippen LogP contribution < -0.4 is 11.1 Å². The van der Waals surface area contributed by atoms with Crippen LogP contribution in [0.1, 0.15) is 25.7 Å². The summed E-state index contributed by atoms with van der Waals surface area (Å²) in [5, 5.41) is 11.4. The van der Waals surface area contributed by atoms with Crippen LogP contribution in [0.5, 0.6) is 0 Å². The fourth-order valence-electron chi connectivity index (χ4n) is 2.22. The molecule has 0 aliphatic heterocycles. The summed E-state index contributed by atoms with van der Waals surface area (Å²) >= 11 is 0. The maximum absolute atomic E-state index is 12.0. The maximum atomic E-state index is 12.0. The molecule has 1 rings (SSSR count). The van der Waals surface area contributed by atoms with E-state index in [1.54, 1.807) is 0 Å². The average molecular weight is 244 g/mol. The van der Waals surface area contributed by atoms with E-state index in [1.165, 1.54) is 7.11 Å². The molecule has 1 fully saturated rings. The third-order valence-corrected chi connectivity index (χ3v) is 3.44. The number of carbonyl (C=O) groups is 2. The number of carbonyl (C=O) groups excluding carboxylic acids is 1. The van der Waals surface area contributed by atoms with Gasteiger partial charge in [0.05, 0.1) is 12.0 Å². The molecule has 1 saturated carbocycles. The van der Waals surface area contributed by atoms with Crippen LogP contribution in [0.15, 0.2) is 0 Å². The Morgan fingerprint density at radius 1 is 1.47 bits per heavy atom. The summed E-state index contributed by atoms with van der Waals surface area (Å²) in [6, 6.07) is 0. The van der Waals surface area contributed by atoms with Gasteiger partial charge < -0.3 is 20.9 Å². The zero-order chi connectivity index (χ0) is 12.9. The fourth-order valence-corrected chi connectivity index (χ4v) is 2.22. The van der Waals surface area contributed by atoms with Crippen LogP contribution in [0.25, 0.3) is 0 Å². The minimum Gasteiger partial charge on any atom is -0.479 e. The van der Waals surface area contributed by atoms with Crippen molar-refractivity contribution in [3.8, 4) is 0 Å². The van der Waals surface area contributed by atoms with Crippen molar-refractivity contribution in [2.75, 3.05) is 20.2 Å². The normalized spacial score (nSPS) is 19.9. The van der Waals surface area contributed by atoms with Gasteiger partial charge in [-0.3, -0.25) is 4.79 Å². The Morgan fingerprint density at radius 3 is 2.47 bits per heavy atom. The van der Waals surface area contributed by atoms with Gasteiger partial charge in [0, 0.05) is 13.7 Å². The molecule has 4 N–H and O–H groups in total. The monoisotopic (exact) mass is 244 g/mol. The van der Waals surface area contributed by atoms with Gasteiger partial charge in [0.25, 0.3) is 0 Å². The van der Waals surface area contributed by atoms with Crippen LogP contribution in [0.4, 0.5) is 0 Å². The van der Waals surface area contributed by atoms with Gasteiger partial charge in [-0.1, -0.05) is 12.8 Å². The van der Waals surface area contributed by atoms with E-state index in [0.29, 0.717) is 6.54 Å². The average Bonchev–Trinajstić information content (AvgIpc) is 2.79. The largest absolute Gasteiger partial charge is 0.479 e. The molecule has 0 radical (unpaired) electrons. The third kappa shape index (κ3) is 3.17. The summed E-state index contributed by atoms with van der Waals surface area (Å²) in [6.45, 7) is 0.288. The molecule has 17 heavy (non-hydrogen) atoms. The second-order valence-electron chi connectivity index (χ2n) is 4.46. The standard InChI is InChI=1S/C11H20N2O4/c1-17-8(9(14)15)6-13-10(16)11(7-12)4-2-3-5-11/h8H,2-7,12H2,1H3,(H,13,16)(H,14,15). The van der Waals surface area contributed by atoms with Crippen molar-refractivity contribution in [3.63, 3.8) is 0 Å². The summed E-state index contributed by atoms with van der Waals surface area (Å²) in [4.78, 5) is 22.7. The van der Waals surface area contributed by atoms with Crippen molar-refractivity contribution in [1.82, 2.24) is 5.32 Å². The van der Waals surface area contributed by atoms with Crippen molar-refractivity contribution in [3.05, 3.63) is 0 Å². The van der Waals surface area contributed by atoms with Gasteiger partial charge >= 0.3 is 5.97 Å². The Hall–Kier alpha value is -1.14. The van der Waals surface area contributed by atoms with Crippen LogP contribution >= 0.6 is 0 Å². The summed E-state index contributed by atoms with van der Waals surface area (Å²) in [5.74, 6) is -1.23. The Bertz CT molecular complexity index is 287. The fraction of sp³-hybridized carbons (Fsp3) is 0.818. The molecule has 0 aromatic heterocycles. The quantitative estimate of drug-likeness (QED) is 0.596. The van der Waals surface area contributed by atoms with E-state index in [1.807, 2.05) is 0 Å². The Balaban J connectivity index is 2.51. The zero-order valence-electron chi connectivity index (χ0n) is 10.1. The lowest BCUT2D eigenvalue weighted by molar-refractivity contribution is -0.148. The van der Waals surface area contributed by atoms with Gasteiger partial charge in [-0.2, -0.15) is 0 Å². The molecule has 0 heterocycles. The predicted octanol–water partition coefficient (Wildman–Crippen LogP) is -0.279. The minimum absolute atomic E-state index is 0.0214. The first-order chi connectivity index (χ1) is 8.05. The molecule has 1 aliphatic carbocycles. The molecule has 1 unspecified atom stereocenters. The number of ether oxygens (including phenoxy) is 1. The number of nitrogens with two attached hydrogens (primary N) is 1. The summed E-state index contributed by atoms with van der Waals surface area (Å²) in [7, 11) is 1.30. The van der Waals surface area contributed by atoms with Crippen molar-refractivity contribution < 1.29 is 19.4 Å². The highest BCUT2D eigenvalue weighted by atomic mass is 16.5. The minimum atomic E-state index is -1.08. The molecule has 0 saturated heterocycles. The number of amides is 1. The van der Waals surface area contributed by atoms with Gasteiger partial charge in [0.15, 0.2) is 6.10 Å². The van der Waals surface area contributed by atoms with E-state index in [4.69, 9.17) is 15.6 Å². The predicted molar refractivity (Wildman–Crippen MR) is 61.4 cm³/mol. The number of methoxy groups -OCH3 is 1. The molecule has 1 amide bonds. The van der Waals surface area contributed by atoms with Gasteiger partial charge in [-0.05, 0) is 12.8 Å². The van der Waals surface area contributed by atoms with E-state index < -0.39 is 17.5 Å². The second-order valence-corrected chi connectivity index (χ2v) is 4.46. The number of rotatable bonds is 6. The Kier molecular flexibility index (Phi) is 4.89. The van der Waals surface area contributed by atoms with E-state index in [0.717, 1.165) is 25.7 Å². The van der Waals surface area contributed by atoms with Gasteiger partial charge in [0.2, 0.25) is 5.91 Å². The molecule has 1 atom stereocenters. The first-order valence-corrected chi connectivity index (χ1v) is 5.80. The van der Waals surface area contributed by atoms with E-state index >= 15 is 0 Å². The first kappa shape index (κ1) is 13.9. The second kappa shape index (κ2) is 5.97. The topological polar surface area (TPSA) is 102 Å². The highest BCUT2D eigenvalue weighted by Crippen LogP contribution is 2.37. The SMILES string of the molecule is COC(CNC(=O)C1(CN)CCCC1)C(=O)O. The molecule has 0 aromatic rings. The number of carboxylic acid groups (broad SMARTS) is 1. The third-order valence-electron chi connectivity index (χ3n) is 3.44. The number of aliphatic carboxylic acids is 1. The number of nitrogens with one attached hydrogen (secondary N) is 1. The smallest absolute Gasteiger partial charge is 0.334 e. The molecule has 98 valence electrons. The molecule has 6 heteroatoms. The van der Waals surface area contributed by atoms with Crippen molar-refractivity contribution >= 4 is 11.9 Å². The number of carboxylic acids is 1.